The van der Waals surface area contributed by atoms with E-state index in [2.05, 4.69) is 20.7 Å². The van der Waals surface area contributed by atoms with Gasteiger partial charge < -0.3 is 15.2 Å². The molecular weight excluding hydrogens is 322 g/mol. The lowest BCUT2D eigenvalue weighted by molar-refractivity contribution is -0.117. The number of tetrazole rings is 1. The van der Waals surface area contributed by atoms with Crippen LogP contribution in [-0.2, 0) is 11.3 Å². The van der Waals surface area contributed by atoms with Crippen LogP contribution in [0.3, 0.4) is 0 Å². The van der Waals surface area contributed by atoms with Gasteiger partial charge in [0.1, 0.15) is 18.0 Å². The fraction of sp³-hybridized carbons (Fsp3) is 0.176. The largest absolute Gasteiger partial charge is 0.508 e. The lowest BCUT2D eigenvalue weighted by Crippen LogP contribution is -2.20. The third-order valence-electron chi connectivity index (χ3n) is 3.29. The summed E-state index contributed by atoms with van der Waals surface area (Å²) in [6, 6.07) is 13.6. The lowest BCUT2D eigenvalue weighted by Gasteiger charge is -2.04. The van der Waals surface area contributed by atoms with Gasteiger partial charge in [-0.05, 0) is 48.5 Å². The summed E-state index contributed by atoms with van der Waals surface area (Å²) in [6.07, 6.45) is 0. The molecule has 0 fully saturated rings. The number of phenols is 1. The van der Waals surface area contributed by atoms with E-state index in [9.17, 15) is 9.90 Å². The van der Waals surface area contributed by atoms with Crippen molar-refractivity contribution in [2.24, 2.45) is 0 Å². The number of anilines is 1. The maximum atomic E-state index is 12.0. The summed E-state index contributed by atoms with van der Waals surface area (Å²) in [5, 5.41) is 24.1. The topological polar surface area (TPSA) is 102 Å². The molecule has 8 nitrogen and oxygen atoms in total. The molecule has 1 aromatic heterocycles. The van der Waals surface area contributed by atoms with Crippen LogP contribution in [-0.4, -0.2) is 37.8 Å². The summed E-state index contributed by atoms with van der Waals surface area (Å²) in [5.41, 5.74) is 1.28. The minimum atomic E-state index is -0.318. The third-order valence-corrected chi connectivity index (χ3v) is 3.29. The van der Waals surface area contributed by atoms with Crippen molar-refractivity contribution < 1.29 is 14.6 Å². The summed E-state index contributed by atoms with van der Waals surface area (Å²) in [7, 11) is 0. The van der Waals surface area contributed by atoms with Crippen molar-refractivity contribution in [3.05, 3.63) is 48.5 Å². The number of nitrogens with zero attached hydrogens (tertiary/aromatic N) is 4. The average molecular weight is 339 g/mol. The molecule has 3 aromatic rings. The van der Waals surface area contributed by atoms with Gasteiger partial charge in [-0.25, -0.2) is 0 Å². The molecule has 3 rings (SSSR count). The van der Waals surface area contributed by atoms with Gasteiger partial charge in [-0.15, -0.1) is 10.2 Å². The summed E-state index contributed by atoms with van der Waals surface area (Å²) >= 11 is 0. The zero-order chi connectivity index (χ0) is 17.6. The summed E-state index contributed by atoms with van der Waals surface area (Å²) < 4.78 is 5.39. The number of rotatable bonds is 6. The molecule has 0 radical (unpaired) electrons. The Morgan fingerprint density at radius 2 is 2.04 bits per heavy atom. The standard InChI is InChI=1S/C17H17N5O3/c1-2-25-15-8-6-12(7-9-15)17-19-21-22(20-17)11-16(24)18-13-4-3-5-14(23)10-13/h3-10,23H,2,11H2,1H3,(H,18,24). The first-order valence-electron chi connectivity index (χ1n) is 7.74. The number of aromatic nitrogens is 4. The zero-order valence-electron chi connectivity index (χ0n) is 13.6. The Bertz CT molecular complexity index is 861. The van der Waals surface area contributed by atoms with Gasteiger partial charge in [0.2, 0.25) is 11.7 Å². The van der Waals surface area contributed by atoms with Crippen LogP contribution in [0.5, 0.6) is 11.5 Å². The number of carbonyl (C=O) groups is 1. The number of aromatic hydroxyl groups is 1. The third kappa shape index (κ3) is 4.31. The number of ether oxygens (including phenoxy) is 1. The van der Waals surface area contributed by atoms with Crippen molar-refractivity contribution in [3.63, 3.8) is 0 Å². The van der Waals surface area contributed by atoms with E-state index in [1.54, 1.807) is 12.1 Å². The van der Waals surface area contributed by atoms with Crippen LogP contribution >= 0.6 is 0 Å². The van der Waals surface area contributed by atoms with Gasteiger partial charge in [0.25, 0.3) is 0 Å². The normalized spacial score (nSPS) is 10.4. The number of carbonyl (C=O) groups excluding carboxylic acids is 1. The Kier molecular flexibility index (Phi) is 4.89. The van der Waals surface area contributed by atoms with Crippen molar-refractivity contribution in [2.45, 2.75) is 13.5 Å². The second kappa shape index (κ2) is 7.43. The molecule has 0 aliphatic carbocycles. The second-order valence-electron chi connectivity index (χ2n) is 5.20. The molecule has 0 unspecified atom stereocenters. The number of phenolic OH excluding ortho intramolecular Hbond substituents is 1. The van der Waals surface area contributed by atoms with Crippen molar-refractivity contribution in [1.82, 2.24) is 20.2 Å². The Morgan fingerprint density at radius 1 is 1.24 bits per heavy atom. The molecule has 0 atom stereocenters. The van der Waals surface area contributed by atoms with E-state index in [-0.39, 0.29) is 18.2 Å². The van der Waals surface area contributed by atoms with Gasteiger partial charge in [-0.2, -0.15) is 4.80 Å². The van der Waals surface area contributed by atoms with Gasteiger partial charge in [-0.1, -0.05) is 6.07 Å². The van der Waals surface area contributed by atoms with Crippen molar-refractivity contribution in [2.75, 3.05) is 11.9 Å². The highest BCUT2D eigenvalue weighted by Crippen LogP contribution is 2.19. The average Bonchev–Trinajstić information content (AvgIpc) is 3.04. The molecule has 25 heavy (non-hydrogen) atoms. The van der Waals surface area contributed by atoms with E-state index in [1.165, 1.54) is 16.9 Å². The summed E-state index contributed by atoms with van der Waals surface area (Å²) in [4.78, 5) is 13.2. The predicted octanol–water partition coefficient (Wildman–Crippen LogP) is 2.08. The van der Waals surface area contributed by atoms with E-state index in [0.29, 0.717) is 18.1 Å². The molecule has 0 aliphatic rings. The van der Waals surface area contributed by atoms with Gasteiger partial charge in [0.05, 0.1) is 6.61 Å². The predicted molar refractivity (Wildman–Crippen MR) is 91.2 cm³/mol. The highest BCUT2D eigenvalue weighted by atomic mass is 16.5. The number of amides is 1. The fourth-order valence-corrected chi connectivity index (χ4v) is 2.21. The molecule has 2 N–H and O–H groups in total. The van der Waals surface area contributed by atoms with E-state index in [4.69, 9.17) is 4.74 Å². The molecule has 0 saturated heterocycles. The van der Waals surface area contributed by atoms with Crippen LogP contribution in [0.4, 0.5) is 5.69 Å². The smallest absolute Gasteiger partial charge is 0.248 e. The Morgan fingerprint density at radius 3 is 2.76 bits per heavy atom. The van der Waals surface area contributed by atoms with Gasteiger partial charge in [0.15, 0.2) is 0 Å². The molecule has 1 heterocycles. The van der Waals surface area contributed by atoms with E-state index >= 15 is 0 Å². The van der Waals surface area contributed by atoms with Crippen molar-refractivity contribution in [1.29, 1.82) is 0 Å². The van der Waals surface area contributed by atoms with E-state index in [1.807, 2.05) is 31.2 Å². The van der Waals surface area contributed by atoms with Crippen molar-refractivity contribution >= 4 is 11.6 Å². The molecular formula is C17H17N5O3. The number of nitrogens with one attached hydrogen (secondary N) is 1. The van der Waals surface area contributed by atoms with Gasteiger partial charge in [0, 0.05) is 17.3 Å². The van der Waals surface area contributed by atoms with Crippen LogP contribution in [0, 0.1) is 0 Å². The first kappa shape index (κ1) is 16.4. The van der Waals surface area contributed by atoms with Gasteiger partial charge in [-0.3, -0.25) is 4.79 Å². The molecule has 0 saturated carbocycles. The van der Waals surface area contributed by atoms with Crippen molar-refractivity contribution in [3.8, 4) is 22.9 Å². The SMILES string of the molecule is CCOc1ccc(-c2nnn(CC(=O)Nc3cccc(O)c3)n2)cc1. The van der Waals surface area contributed by atoms with Gasteiger partial charge >= 0.3 is 0 Å². The van der Waals surface area contributed by atoms with Crippen LogP contribution in [0.25, 0.3) is 11.4 Å². The highest BCUT2D eigenvalue weighted by molar-refractivity contribution is 5.90. The van der Waals surface area contributed by atoms with Crippen LogP contribution < -0.4 is 10.1 Å². The number of benzene rings is 2. The molecule has 0 spiro atoms. The summed E-state index contributed by atoms with van der Waals surface area (Å²) in [6.45, 7) is 2.44. The maximum absolute atomic E-state index is 12.0. The first-order valence-corrected chi connectivity index (χ1v) is 7.74. The molecule has 0 aliphatic heterocycles. The minimum Gasteiger partial charge on any atom is -0.508 e. The molecule has 128 valence electrons. The van der Waals surface area contributed by atoms with Crippen LogP contribution in [0.1, 0.15) is 6.92 Å². The minimum absolute atomic E-state index is 0.0782. The first-order chi connectivity index (χ1) is 12.1. The van der Waals surface area contributed by atoms with E-state index < -0.39 is 0 Å². The van der Waals surface area contributed by atoms with Crippen LogP contribution in [0.2, 0.25) is 0 Å². The second-order valence-corrected chi connectivity index (χ2v) is 5.20. The molecule has 1 amide bonds. The summed E-state index contributed by atoms with van der Waals surface area (Å²) in [5.74, 6) is 0.952. The lowest BCUT2D eigenvalue weighted by atomic mass is 10.2. The maximum Gasteiger partial charge on any atom is 0.248 e. The van der Waals surface area contributed by atoms with Crippen LogP contribution in [0.15, 0.2) is 48.5 Å². The number of hydrogen-bond acceptors (Lipinski definition) is 6. The fourth-order valence-electron chi connectivity index (χ4n) is 2.21. The molecule has 2 aromatic carbocycles. The Labute approximate surface area is 144 Å². The molecule has 0 bridgehead atoms. The monoisotopic (exact) mass is 339 g/mol. The number of hydrogen-bond donors (Lipinski definition) is 2. The zero-order valence-corrected chi connectivity index (χ0v) is 13.6. The quantitative estimate of drug-likeness (QED) is 0.713. The Balaban J connectivity index is 1.64. The Hall–Kier alpha value is -3.42. The highest BCUT2D eigenvalue weighted by Gasteiger charge is 2.10. The molecule has 8 heteroatoms. The van der Waals surface area contributed by atoms with E-state index in [0.717, 1.165) is 11.3 Å².